The molecule has 2 atom stereocenters. The van der Waals surface area contributed by atoms with Crippen molar-refractivity contribution in [2.75, 3.05) is 12.8 Å². The number of benzene rings is 1. The van der Waals surface area contributed by atoms with E-state index in [2.05, 4.69) is 12.2 Å². The Bertz CT molecular complexity index is 459. The van der Waals surface area contributed by atoms with E-state index in [1.54, 1.807) is 25.3 Å². The van der Waals surface area contributed by atoms with E-state index in [0.29, 0.717) is 22.9 Å². The summed E-state index contributed by atoms with van der Waals surface area (Å²) in [5, 5.41) is 3.08. The maximum Gasteiger partial charge on any atom is 0.257 e. The van der Waals surface area contributed by atoms with E-state index in [9.17, 15) is 4.79 Å². The van der Waals surface area contributed by atoms with Crippen molar-refractivity contribution in [3.05, 3.63) is 23.8 Å². The molecular weight excluding hydrogens is 240 g/mol. The van der Waals surface area contributed by atoms with Gasteiger partial charge < -0.3 is 15.8 Å². The van der Waals surface area contributed by atoms with Crippen LogP contribution in [0.15, 0.2) is 18.2 Å². The smallest absolute Gasteiger partial charge is 0.257 e. The number of carbonyl (C=O) groups is 1. The van der Waals surface area contributed by atoms with Crippen molar-refractivity contribution in [2.24, 2.45) is 5.92 Å². The van der Waals surface area contributed by atoms with E-state index in [4.69, 9.17) is 10.5 Å². The molecule has 1 aliphatic carbocycles. The molecule has 19 heavy (non-hydrogen) atoms. The van der Waals surface area contributed by atoms with Gasteiger partial charge in [0.25, 0.3) is 5.91 Å². The van der Waals surface area contributed by atoms with Crippen LogP contribution in [0, 0.1) is 5.92 Å². The number of nitrogen functional groups attached to an aromatic ring is 1. The molecule has 1 fully saturated rings. The van der Waals surface area contributed by atoms with Crippen LogP contribution in [0.4, 0.5) is 5.69 Å². The summed E-state index contributed by atoms with van der Waals surface area (Å²) in [4.78, 5) is 12.3. The van der Waals surface area contributed by atoms with Gasteiger partial charge in [-0.1, -0.05) is 25.8 Å². The Labute approximate surface area is 114 Å². The Hall–Kier alpha value is -1.71. The second-order valence-electron chi connectivity index (χ2n) is 5.37. The predicted molar refractivity (Wildman–Crippen MR) is 76.3 cm³/mol. The van der Waals surface area contributed by atoms with Crippen LogP contribution in [0.2, 0.25) is 0 Å². The number of amides is 1. The Morgan fingerprint density at radius 3 is 2.89 bits per heavy atom. The Balaban J connectivity index is 2.11. The largest absolute Gasteiger partial charge is 0.496 e. The number of hydrogen-bond acceptors (Lipinski definition) is 3. The van der Waals surface area contributed by atoms with E-state index in [-0.39, 0.29) is 11.9 Å². The lowest BCUT2D eigenvalue weighted by Gasteiger charge is -2.27. The summed E-state index contributed by atoms with van der Waals surface area (Å²) in [6, 6.07) is 5.52. The molecule has 1 saturated carbocycles. The highest BCUT2D eigenvalue weighted by Gasteiger charge is 2.23. The zero-order valence-electron chi connectivity index (χ0n) is 11.6. The summed E-state index contributed by atoms with van der Waals surface area (Å²) in [6.07, 6.45) is 4.52. The lowest BCUT2D eigenvalue weighted by molar-refractivity contribution is 0.0919. The van der Waals surface area contributed by atoms with E-state index in [1.165, 1.54) is 12.8 Å². The zero-order chi connectivity index (χ0) is 13.8. The van der Waals surface area contributed by atoms with Gasteiger partial charge in [-0.25, -0.2) is 0 Å². The Morgan fingerprint density at radius 2 is 2.21 bits per heavy atom. The molecule has 0 aromatic heterocycles. The molecular formula is C15H22N2O2. The Morgan fingerprint density at radius 1 is 1.42 bits per heavy atom. The number of nitrogens with one attached hydrogen (secondary N) is 1. The summed E-state index contributed by atoms with van der Waals surface area (Å²) in [7, 11) is 1.55. The first-order valence-corrected chi connectivity index (χ1v) is 6.85. The van der Waals surface area contributed by atoms with Gasteiger partial charge in [0.2, 0.25) is 0 Å². The first kappa shape index (κ1) is 13.7. The first-order valence-electron chi connectivity index (χ1n) is 6.85. The fourth-order valence-corrected chi connectivity index (χ4v) is 2.78. The molecule has 1 aromatic rings. The summed E-state index contributed by atoms with van der Waals surface area (Å²) >= 11 is 0. The number of hydrogen-bond donors (Lipinski definition) is 2. The molecule has 1 aliphatic rings. The fraction of sp³-hybridized carbons (Fsp3) is 0.533. The first-order chi connectivity index (χ1) is 9.11. The molecule has 104 valence electrons. The molecule has 1 aromatic carbocycles. The summed E-state index contributed by atoms with van der Waals surface area (Å²) < 4.78 is 5.22. The van der Waals surface area contributed by atoms with Gasteiger partial charge in [-0.3, -0.25) is 4.79 Å². The van der Waals surface area contributed by atoms with Gasteiger partial charge in [-0.2, -0.15) is 0 Å². The number of carbonyl (C=O) groups excluding carboxylic acids is 1. The number of nitrogens with two attached hydrogens (primary N) is 1. The highest BCUT2D eigenvalue weighted by molar-refractivity contribution is 6.02. The number of methoxy groups -OCH3 is 1. The summed E-state index contributed by atoms with van der Waals surface area (Å²) in [5.41, 5.74) is 6.80. The fourth-order valence-electron chi connectivity index (χ4n) is 2.78. The molecule has 0 heterocycles. The molecule has 0 spiro atoms. The minimum Gasteiger partial charge on any atom is -0.496 e. The van der Waals surface area contributed by atoms with E-state index in [1.807, 2.05) is 0 Å². The average Bonchev–Trinajstić information content (AvgIpc) is 2.38. The SMILES string of the molecule is COc1cccc(N)c1C(=O)NC1CCCC(C)C1. The molecule has 0 bridgehead atoms. The van der Waals surface area contributed by atoms with Gasteiger partial charge in [0.15, 0.2) is 0 Å². The molecule has 4 heteroatoms. The topological polar surface area (TPSA) is 64.3 Å². The van der Waals surface area contributed by atoms with Crippen LogP contribution in [0.5, 0.6) is 5.75 Å². The van der Waals surface area contributed by atoms with Crippen molar-refractivity contribution in [2.45, 2.75) is 38.6 Å². The number of rotatable bonds is 3. The highest BCUT2D eigenvalue weighted by atomic mass is 16.5. The normalized spacial score (nSPS) is 22.8. The van der Waals surface area contributed by atoms with Crippen LogP contribution >= 0.6 is 0 Å². The van der Waals surface area contributed by atoms with Gasteiger partial charge in [0, 0.05) is 11.7 Å². The maximum absolute atomic E-state index is 12.3. The van der Waals surface area contributed by atoms with E-state index in [0.717, 1.165) is 12.8 Å². The van der Waals surface area contributed by atoms with Crippen molar-refractivity contribution in [3.8, 4) is 5.75 Å². The van der Waals surface area contributed by atoms with E-state index >= 15 is 0 Å². The van der Waals surface area contributed by atoms with Gasteiger partial charge in [-0.05, 0) is 30.9 Å². The van der Waals surface area contributed by atoms with Gasteiger partial charge >= 0.3 is 0 Å². The molecule has 2 unspecified atom stereocenters. The van der Waals surface area contributed by atoms with E-state index < -0.39 is 0 Å². The van der Waals surface area contributed by atoms with Crippen LogP contribution in [0.3, 0.4) is 0 Å². The molecule has 1 amide bonds. The average molecular weight is 262 g/mol. The van der Waals surface area contributed by atoms with Crippen LogP contribution in [0.1, 0.15) is 43.0 Å². The lowest BCUT2D eigenvalue weighted by Crippen LogP contribution is -2.38. The monoisotopic (exact) mass is 262 g/mol. The third-order valence-corrected chi connectivity index (χ3v) is 3.78. The third kappa shape index (κ3) is 3.19. The predicted octanol–water partition coefficient (Wildman–Crippen LogP) is 2.59. The van der Waals surface area contributed by atoms with Crippen molar-refractivity contribution in [3.63, 3.8) is 0 Å². The third-order valence-electron chi connectivity index (χ3n) is 3.78. The minimum absolute atomic E-state index is 0.131. The quantitative estimate of drug-likeness (QED) is 0.823. The van der Waals surface area contributed by atoms with Crippen molar-refractivity contribution < 1.29 is 9.53 Å². The second-order valence-corrected chi connectivity index (χ2v) is 5.37. The molecule has 3 N–H and O–H groups in total. The number of anilines is 1. The summed E-state index contributed by atoms with van der Waals surface area (Å²) in [5.74, 6) is 1.07. The zero-order valence-corrected chi connectivity index (χ0v) is 11.6. The molecule has 0 radical (unpaired) electrons. The van der Waals surface area contributed by atoms with Gasteiger partial charge in [-0.15, -0.1) is 0 Å². The minimum atomic E-state index is -0.131. The highest BCUT2D eigenvalue weighted by Crippen LogP contribution is 2.27. The van der Waals surface area contributed by atoms with Crippen molar-refractivity contribution in [1.82, 2.24) is 5.32 Å². The van der Waals surface area contributed by atoms with Crippen LogP contribution in [-0.4, -0.2) is 19.1 Å². The standard InChI is InChI=1S/C15H22N2O2/c1-10-5-3-6-11(9-10)17-15(18)14-12(16)7-4-8-13(14)19-2/h4,7-8,10-11H,3,5-6,9,16H2,1-2H3,(H,17,18). The molecule has 4 nitrogen and oxygen atoms in total. The van der Waals surface area contributed by atoms with Crippen LogP contribution < -0.4 is 15.8 Å². The molecule has 2 rings (SSSR count). The maximum atomic E-state index is 12.3. The van der Waals surface area contributed by atoms with Crippen LogP contribution in [0.25, 0.3) is 0 Å². The Kier molecular flexibility index (Phi) is 4.30. The molecule has 0 aliphatic heterocycles. The summed E-state index contributed by atoms with van der Waals surface area (Å²) in [6.45, 7) is 2.23. The lowest BCUT2D eigenvalue weighted by atomic mass is 9.87. The molecule has 0 saturated heterocycles. The van der Waals surface area contributed by atoms with Crippen molar-refractivity contribution in [1.29, 1.82) is 0 Å². The van der Waals surface area contributed by atoms with Gasteiger partial charge in [0.05, 0.1) is 7.11 Å². The van der Waals surface area contributed by atoms with Gasteiger partial charge in [0.1, 0.15) is 11.3 Å². The second kappa shape index (κ2) is 5.95. The number of ether oxygens (including phenoxy) is 1. The van der Waals surface area contributed by atoms with Crippen LogP contribution in [-0.2, 0) is 0 Å². The van der Waals surface area contributed by atoms with Crippen molar-refractivity contribution >= 4 is 11.6 Å².